The van der Waals surface area contributed by atoms with E-state index in [1.807, 2.05) is 76.8 Å². The molecule has 11 heteroatoms. The largest absolute Gasteiger partial charge is 0.379 e. The number of rotatable bonds is 22. The number of hydrogen-bond acceptors (Lipinski definition) is 8. The lowest BCUT2D eigenvalue weighted by Gasteiger charge is -2.41. The first kappa shape index (κ1) is 46.0. The molecule has 53 heavy (non-hydrogen) atoms. The van der Waals surface area contributed by atoms with E-state index in [2.05, 4.69) is 5.32 Å². The molecule has 0 aromatic heterocycles. The number of likely N-dealkylation sites (tertiary alicyclic amines) is 1. The molecule has 0 spiro atoms. The van der Waals surface area contributed by atoms with Crippen LogP contribution in [0.15, 0.2) is 30.3 Å². The van der Waals surface area contributed by atoms with Crippen LogP contribution in [-0.4, -0.2) is 103 Å². The number of Topliss-reactive ketones (excluding diaryl/α,β-unsaturated/α-hetero) is 2. The number of likely N-dealkylation sites (N-methyl/N-ethyl adjacent to an activating group) is 1. The highest BCUT2D eigenvalue weighted by Gasteiger charge is 2.43. The van der Waals surface area contributed by atoms with Crippen molar-refractivity contribution < 1.29 is 33.4 Å². The first-order valence-corrected chi connectivity index (χ1v) is 19.6. The molecule has 3 amide bonds. The van der Waals surface area contributed by atoms with Crippen molar-refractivity contribution >= 4 is 29.3 Å². The molecule has 300 valence electrons. The number of benzene rings is 1. The van der Waals surface area contributed by atoms with Gasteiger partial charge in [0.05, 0.1) is 42.2 Å². The Morgan fingerprint density at radius 3 is 2.13 bits per heavy atom. The lowest BCUT2D eigenvalue weighted by molar-refractivity contribution is -0.149. The Labute approximate surface area is 319 Å². The summed E-state index contributed by atoms with van der Waals surface area (Å²) >= 11 is 0. The summed E-state index contributed by atoms with van der Waals surface area (Å²) in [5.41, 5.74) is 6.11. The third-order valence-corrected chi connectivity index (χ3v) is 11.5. The van der Waals surface area contributed by atoms with Crippen molar-refractivity contribution in [3.05, 3.63) is 35.9 Å². The maximum Gasteiger partial charge on any atom is 0.226 e. The molecule has 0 aliphatic carbocycles. The number of nitrogens with zero attached hydrogens (tertiary/aromatic N) is 2. The van der Waals surface area contributed by atoms with E-state index >= 15 is 0 Å². The van der Waals surface area contributed by atoms with Crippen LogP contribution >= 0.6 is 0 Å². The average Bonchev–Trinajstić information content (AvgIpc) is 3.59. The summed E-state index contributed by atoms with van der Waals surface area (Å²) in [4.78, 5) is 70.7. The number of nitrogens with one attached hydrogen (secondary N) is 1. The molecule has 0 radical (unpaired) electrons. The van der Waals surface area contributed by atoms with Crippen molar-refractivity contribution in [3.63, 3.8) is 0 Å². The third kappa shape index (κ3) is 13.0. The van der Waals surface area contributed by atoms with Crippen molar-refractivity contribution in [1.29, 1.82) is 0 Å². The van der Waals surface area contributed by atoms with Crippen LogP contribution in [0.1, 0.15) is 106 Å². The van der Waals surface area contributed by atoms with Gasteiger partial charge in [0.2, 0.25) is 17.7 Å². The van der Waals surface area contributed by atoms with Crippen molar-refractivity contribution in [2.75, 3.05) is 27.8 Å². The number of ketones is 2. The van der Waals surface area contributed by atoms with Gasteiger partial charge >= 0.3 is 0 Å². The molecule has 0 bridgehead atoms. The molecule has 3 N–H and O–H groups in total. The van der Waals surface area contributed by atoms with Crippen molar-refractivity contribution in [1.82, 2.24) is 15.1 Å². The smallest absolute Gasteiger partial charge is 0.226 e. The average molecular weight is 743 g/mol. The van der Waals surface area contributed by atoms with E-state index < -0.39 is 35.6 Å². The van der Waals surface area contributed by atoms with Crippen molar-refractivity contribution in [2.24, 2.45) is 35.3 Å². The predicted octanol–water partition coefficient (Wildman–Crippen LogP) is 5.22. The maximum atomic E-state index is 14.2. The predicted molar refractivity (Wildman–Crippen MR) is 209 cm³/mol. The minimum absolute atomic E-state index is 0.00414. The SMILES string of the molecule is CC[C@H](C)[C@@H]([C@@H](CC(=O)N1CCC[C@H]1[C@H](OC)[C@@H](C)C(=O)N[C@@H](Cc1ccccc1)C[C@H](C)C(C)=O)OC)N(C)C(=O)[C@@H](CC(=O)C(C)(C)N)C(C)C. The van der Waals surface area contributed by atoms with Crippen LogP contribution in [0, 0.1) is 29.6 Å². The fourth-order valence-corrected chi connectivity index (χ4v) is 7.66. The van der Waals surface area contributed by atoms with Gasteiger partial charge in [0.1, 0.15) is 5.78 Å². The Kier molecular flexibility index (Phi) is 18.3. The van der Waals surface area contributed by atoms with E-state index in [-0.39, 0.29) is 72.0 Å². The van der Waals surface area contributed by atoms with Gasteiger partial charge in [0, 0.05) is 52.1 Å². The third-order valence-electron chi connectivity index (χ3n) is 11.5. The van der Waals surface area contributed by atoms with Gasteiger partial charge in [0.25, 0.3) is 0 Å². The number of ether oxygens (including phenoxy) is 2. The van der Waals surface area contributed by atoms with Gasteiger partial charge < -0.3 is 30.3 Å². The molecule has 0 unspecified atom stereocenters. The lowest BCUT2D eigenvalue weighted by Crippen LogP contribution is -2.55. The summed E-state index contributed by atoms with van der Waals surface area (Å²) in [6.07, 6.45) is 2.22. The molecule has 1 aromatic carbocycles. The number of amides is 3. The summed E-state index contributed by atoms with van der Waals surface area (Å²) in [6.45, 7) is 17.1. The molecular weight excluding hydrogens is 672 g/mol. The fourth-order valence-electron chi connectivity index (χ4n) is 7.66. The van der Waals surface area contributed by atoms with Crippen LogP contribution < -0.4 is 11.1 Å². The molecule has 1 heterocycles. The van der Waals surface area contributed by atoms with Crippen molar-refractivity contribution in [2.45, 2.75) is 143 Å². The number of nitrogens with two attached hydrogens (primary N) is 1. The van der Waals surface area contributed by atoms with Gasteiger partial charge in [-0.2, -0.15) is 0 Å². The summed E-state index contributed by atoms with van der Waals surface area (Å²) < 4.78 is 12.0. The molecule has 1 aliphatic heterocycles. The van der Waals surface area contributed by atoms with E-state index in [1.165, 1.54) is 0 Å². The maximum absolute atomic E-state index is 14.2. The molecule has 1 fully saturated rings. The number of hydrogen-bond donors (Lipinski definition) is 2. The zero-order valence-corrected chi connectivity index (χ0v) is 34.6. The van der Waals surface area contributed by atoms with Crippen LogP contribution in [0.3, 0.4) is 0 Å². The van der Waals surface area contributed by atoms with E-state index in [1.54, 1.807) is 46.9 Å². The van der Waals surface area contributed by atoms with Gasteiger partial charge in [-0.1, -0.05) is 78.3 Å². The van der Waals surface area contributed by atoms with Crippen LogP contribution in [0.2, 0.25) is 0 Å². The van der Waals surface area contributed by atoms with Crippen molar-refractivity contribution in [3.8, 4) is 0 Å². The van der Waals surface area contributed by atoms with Gasteiger partial charge in [-0.25, -0.2) is 0 Å². The molecule has 1 aliphatic rings. The molecule has 9 atom stereocenters. The second kappa shape index (κ2) is 21.1. The normalized spacial score (nSPS) is 19.4. The number of carbonyl (C=O) groups is 5. The molecule has 1 saturated heterocycles. The zero-order valence-electron chi connectivity index (χ0n) is 34.6. The highest BCUT2D eigenvalue weighted by molar-refractivity contribution is 5.92. The first-order chi connectivity index (χ1) is 24.8. The zero-order chi connectivity index (χ0) is 40.2. The minimum Gasteiger partial charge on any atom is -0.379 e. The Balaban J connectivity index is 2.28. The van der Waals surface area contributed by atoms with Crippen LogP contribution in [-0.2, 0) is 39.9 Å². The van der Waals surface area contributed by atoms with E-state index in [0.29, 0.717) is 25.8 Å². The van der Waals surface area contributed by atoms with Crippen LogP contribution in [0.25, 0.3) is 0 Å². The quantitative estimate of drug-likeness (QED) is 0.164. The standard InChI is InChI=1S/C42H70N4O7/c1-13-27(4)38(45(10)41(51)33(26(2)3)24-36(48)42(8,9)43)35(52-11)25-37(49)46-21-17-20-34(46)39(53-12)29(6)40(50)44-32(22-28(5)30(7)47)23-31-18-15-14-16-19-31/h14-16,18-19,26-29,32-35,38-39H,13,17,20-25,43H2,1-12H3,(H,44,50)/t27-,28-,29+,32+,33-,34-,35+,38-,39+/m0/s1. The summed E-state index contributed by atoms with van der Waals surface area (Å²) in [6, 6.07) is 8.89. The molecular formula is C42H70N4O7. The van der Waals surface area contributed by atoms with Gasteiger partial charge in [-0.15, -0.1) is 0 Å². The van der Waals surface area contributed by atoms with Gasteiger partial charge in [-0.3, -0.25) is 24.0 Å². The van der Waals surface area contributed by atoms with Gasteiger partial charge in [0.15, 0.2) is 5.78 Å². The molecule has 0 saturated carbocycles. The van der Waals surface area contributed by atoms with E-state index in [9.17, 15) is 24.0 Å². The highest BCUT2D eigenvalue weighted by Crippen LogP contribution is 2.31. The minimum atomic E-state index is -1.05. The number of methoxy groups -OCH3 is 2. The topological polar surface area (TPSA) is 148 Å². The molecule has 1 aromatic rings. The Morgan fingerprint density at radius 1 is 1.00 bits per heavy atom. The Bertz CT molecular complexity index is 1350. The van der Waals surface area contributed by atoms with Gasteiger partial charge in [-0.05, 0) is 63.9 Å². The second-order valence-electron chi connectivity index (χ2n) is 16.4. The Hall–Kier alpha value is -3.15. The van der Waals surface area contributed by atoms with Crippen LogP contribution in [0.4, 0.5) is 0 Å². The van der Waals surface area contributed by atoms with Crippen LogP contribution in [0.5, 0.6) is 0 Å². The first-order valence-electron chi connectivity index (χ1n) is 19.6. The Morgan fingerprint density at radius 2 is 1.62 bits per heavy atom. The fraction of sp³-hybridized carbons (Fsp3) is 0.738. The highest BCUT2D eigenvalue weighted by atomic mass is 16.5. The lowest BCUT2D eigenvalue weighted by atomic mass is 9.83. The summed E-state index contributed by atoms with van der Waals surface area (Å²) in [7, 11) is 4.88. The van der Waals surface area contributed by atoms with E-state index in [0.717, 1.165) is 18.4 Å². The van der Waals surface area contributed by atoms with E-state index in [4.69, 9.17) is 15.2 Å². The summed E-state index contributed by atoms with van der Waals surface area (Å²) in [5.74, 6) is -2.03. The molecule has 2 rings (SSSR count). The summed E-state index contributed by atoms with van der Waals surface area (Å²) in [5, 5.41) is 3.21. The molecule has 11 nitrogen and oxygen atoms in total. The number of carbonyl (C=O) groups excluding carboxylic acids is 5. The second-order valence-corrected chi connectivity index (χ2v) is 16.4. The monoisotopic (exact) mass is 743 g/mol.